The van der Waals surface area contributed by atoms with Crippen LogP contribution in [-0.4, -0.2) is 55.1 Å². The molecular formula is C22H29ClN4O. The Morgan fingerprint density at radius 3 is 2.43 bits per heavy atom. The number of nitrogens with one attached hydrogen (secondary N) is 2. The van der Waals surface area contributed by atoms with Gasteiger partial charge in [-0.3, -0.25) is 4.90 Å². The lowest BCUT2D eigenvalue weighted by atomic mass is 10.2. The molecular weight excluding hydrogens is 372 g/mol. The minimum absolute atomic E-state index is 0.142. The second-order valence-electron chi connectivity index (χ2n) is 7.20. The Morgan fingerprint density at radius 2 is 1.64 bits per heavy atom. The van der Waals surface area contributed by atoms with Crippen molar-refractivity contribution in [1.29, 1.82) is 0 Å². The van der Waals surface area contributed by atoms with E-state index in [-0.39, 0.29) is 6.03 Å². The van der Waals surface area contributed by atoms with Crippen LogP contribution in [-0.2, 0) is 6.54 Å². The van der Waals surface area contributed by atoms with Crippen molar-refractivity contribution in [3.8, 4) is 0 Å². The third kappa shape index (κ3) is 7.15. The van der Waals surface area contributed by atoms with Gasteiger partial charge in [0.2, 0.25) is 0 Å². The Kier molecular flexibility index (Phi) is 8.15. The molecule has 1 aliphatic rings. The molecule has 1 aliphatic heterocycles. The molecule has 0 aromatic heterocycles. The van der Waals surface area contributed by atoms with Gasteiger partial charge in [0.1, 0.15) is 0 Å². The summed E-state index contributed by atoms with van der Waals surface area (Å²) in [6, 6.07) is 17.5. The van der Waals surface area contributed by atoms with Gasteiger partial charge in [0.05, 0.1) is 0 Å². The van der Waals surface area contributed by atoms with Gasteiger partial charge in [-0.25, -0.2) is 4.79 Å². The number of para-hydroxylation sites is 1. The van der Waals surface area contributed by atoms with Gasteiger partial charge in [-0.15, -0.1) is 0 Å². The van der Waals surface area contributed by atoms with E-state index in [1.54, 1.807) is 0 Å². The van der Waals surface area contributed by atoms with Crippen LogP contribution in [0.1, 0.15) is 18.4 Å². The first kappa shape index (κ1) is 20.6. The number of amides is 2. The van der Waals surface area contributed by atoms with E-state index in [0.717, 1.165) is 56.4 Å². The molecule has 2 aromatic carbocycles. The number of rotatable bonds is 7. The van der Waals surface area contributed by atoms with Crippen molar-refractivity contribution >= 4 is 23.3 Å². The first-order valence-electron chi connectivity index (χ1n) is 9.98. The summed E-state index contributed by atoms with van der Waals surface area (Å²) in [6.45, 7) is 7.06. The maximum atomic E-state index is 11.9. The first-order valence-corrected chi connectivity index (χ1v) is 10.4. The van der Waals surface area contributed by atoms with Crippen LogP contribution < -0.4 is 10.6 Å². The molecule has 150 valence electrons. The fourth-order valence-electron chi connectivity index (χ4n) is 3.46. The van der Waals surface area contributed by atoms with Crippen molar-refractivity contribution in [2.24, 2.45) is 0 Å². The SMILES string of the molecule is O=C(NCCCN1CCCN(Cc2ccc(Cl)cc2)CC1)Nc1ccccc1. The Labute approximate surface area is 172 Å². The van der Waals surface area contributed by atoms with Gasteiger partial charge in [-0.05, 0) is 62.3 Å². The van der Waals surface area contributed by atoms with Crippen molar-refractivity contribution in [3.63, 3.8) is 0 Å². The zero-order valence-corrected chi connectivity index (χ0v) is 17.0. The summed E-state index contributed by atoms with van der Waals surface area (Å²) in [7, 11) is 0. The van der Waals surface area contributed by atoms with Gasteiger partial charge in [0.25, 0.3) is 0 Å². The van der Waals surface area contributed by atoms with Crippen molar-refractivity contribution in [2.45, 2.75) is 19.4 Å². The molecule has 1 fully saturated rings. The number of benzene rings is 2. The second kappa shape index (κ2) is 11.1. The third-order valence-electron chi connectivity index (χ3n) is 4.97. The van der Waals surface area contributed by atoms with Gasteiger partial charge < -0.3 is 15.5 Å². The minimum Gasteiger partial charge on any atom is -0.338 e. The molecule has 0 saturated carbocycles. The smallest absolute Gasteiger partial charge is 0.319 e. The van der Waals surface area contributed by atoms with E-state index in [4.69, 9.17) is 11.6 Å². The summed E-state index contributed by atoms with van der Waals surface area (Å²) in [5, 5.41) is 6.57. The molecule has 3 rings (SSSR count). The molecule has 1 heterocycles. The van der Waals surface area contributed by atoms with Gasteiger partial charge in [0.15, 0.2) is 0 Å². The van der Waals surface area contributed by atoms with E-state index in [0.29, 0.717) is 6.54 Å². The average Bonchev–Trinajstić information content (AvgIpc) is 2.93. The molecule has 2 aromatic rings. The van der Waals surface area contributed by atoms with Crippen LogP contribution in [0.4, 0.5) is 10.5 Å². The number of urea groups is 1. The number of anilines is 1. The van der Waals surface area contributed by atoms with Crippen molar-refractivity contribution in [1.82, 2.24) is 15.1 Å². The fourth-order valence-corrected chi connectivity index (χ4v) is 3.58. The molecule has 0 unspecified atom stereocenters. The largest absolute Gasteiger partial charge is 0.338 e. The predicted octanol–water partition coefficient (Wildman–Crippen LogP) is 4.06. The Bertz CT molecular complexity index is 723. The number of carbonyl (C=O) groups is 1. The Hall–Kier alpha value is -2.08. The molecule has 2 amide bonds. The number of halogens is 1. The van der Waals surface area contributed by atoms with E-state index >= 15 is 0 Å². The van der Waals surface area contributed by atoms with E-state index < -0.39 is 0 Å². The lowest BCUT2D eigenvalue weighted by Gasteiger charge is -2.22. The lowest BCUT2D eigenvalue weighted by molar-refractivity contribution is 0.244. The molecule has 0 radical (unpaired) electrons. The number of carbonyl (C=O) groups excluding carboxylic acids is 1. The molecule has 0 spiro atoms. The van der Waals surface area contributed by atoms with Crippen LogP contribution in [0.5, 0.6) is 0 Å². The van der Waals surface area contributed by atoms with Crippen LogP contribution in [0.25, 0.3) is 0 Å². The standard InChI is InChI=1S/C22H29ClN4O/c23-20-10-8-19(9-11-20)18-27-15-5-14-26(16-17-27)13-4-12-24-22(28)25-21-6-2-1-3-7-21/h1-3,6-11H,4-5,12-18H2,(H2,24,25,28). The monoisotopic (exact) mass is 400 g/mol. The zero-order chi connectivity index (χ0) is 19.6. The maximum absolute atomic E-state index is 11.9. The lowest BCUT2D eigenvalue weighted by Crippen LogP contribution is -2.34. The summed E-state index contributed by atoms with van der Waals surface area (Å²) < 4.78 is 0. The normalized spacial score (nSPS) is 15.8. The van der Waals surface area contributed by atoms with Crippen molar-refractivity contribution in [2.75, 3.05) is 44.6 Å². The number of hydrogen-bond acceptors (Lipinski definition) is 3. The highest BCUT2D eigenvalue weighted by Gasteiger charge is 2.14. The fraction of sp³-hybridized carbons (Fsp3) is 0.409. The second-order valence-corrected chi connectivity index (χ2v) is 7.63. The zero-order valence-electron chi connectivity index (χ0n) is 16.2. The van der Waals surface area contributed by atoms with Gasteiger partial charge >= 0.3 is 6.03 Å². The maximum Gasteiger partial charge on any atom is 0.319 e. The van der Waals surface area contributed by atoms with E-state index in [2.05, 4.69) is 32.6 Å². The number of hydrogen-bond donors (Lipinski definition) is 2. The minimum atomic E-state index is -0.142. The molecule has 5 nitrogen and oxygen atoms in total. The van der Waals surface area contributed by atoms with Crippen molar-refractivity contribution in [3.05, 3.63) is 65.2 Å². The molecule has 0 aliphatic carbocycles. The van der Waals surface area contributed by atoms with E-state index in [1.165, 1.54) is 12.0 Å². The molecule has 0 atom stereocenters. The number of nitrogens with zero attached hydrogens (tertiary/aromatic N) is 2. The third-order valence-corrected chi connectivity index (χ3v) is 5.22. The molecule has 0 bridgehead atoms. The van der Waals surface area contributed by atoms with Crippen LogP contribution >= 0.6 is 11.6 Å². The summed E-state index contributed by atoms with van der Waals surface area (Å²) in [5.74, 6) is 0. The highest BCUT2D eigenvalue weighted by Crippen LogP contribution is 2.13. The Balaban J connectivity index is 1.31. The van der Waals surface area contributed by atoms with Crippen LogP contribution in [0.15, 0.2) is 54.6 Å². The summed E-state index contributed by atoms with van der Waals surface area (Å²) in [6.07, 6.45) is 2.13. The van der Waals surface area contributed by atoms with Crippen LogP contribution in [0, 0.1) is 0 Å². The van der Waals surface area contributed by atoms with Crippen LogP contribution in [0.2, 0.25) is 5.02 Å². The molecule has 2 N–H and O–H groups in total. The highest BCUT2D eigenvalue weighted by molar-refractivity contribution is 6.30. The summed E-state index contributed by atoms with van der Waals surface area (Å²) in [4.78, 5) is 16.9. The highest BCUT2D eigenvalue weighted by atomic mass is 35.5. The van der Waals surface area contributed by atoms with Crippen molar-refractivity contribution < 1.29 is 4.79 Å². The molecule has 1 saturated heterocycles. The molecule has 28 heavy (non-hydrogen) atoms. The van der Waals surface area contributed by atoms with Gasteiger partial charge in [-0.1, -0.05) is 41.9 Å². The van der Waals surface area contributed by atoms with Crippen LogP contribution in [0.3, 0.4) is 0 Å². The topological polar surface area (TPSA) is 47.6 Å². The quantitative estimate of drug-likeness (QED) is 0.689. The van der Waals surface area contributed by atoms with E-state index in [1.807, 2.05) is 42.5 Å². The predicted molar refractivity (Wildman–Crippen MR) is 116 cm³/mol. The summed E-state index contributed by atoms with van der Waals surface area (Å²) in [5.41, 5.74) is 2.12. The van der Waals surface area contributed by atoms with Gasteiger partial charge in [0, 0.05) is 36.9 Å². The van der Waals surface area contributed by atoms with Gasteiger partial charge in [-0.2, -0.15) is 0 Å². The van der Waals surface area contributed by atoms with E-state index in [9.17, 15) is 4.79 Å². The first-order chi connectivity index (χ1) is 13.7. The summed E-state index contributed by atoms with van der Waals surface area (Å²) >= 11 is 5.97. The average molecular weight is 401 g/mol. The molecule has 6 heteroatoms. The Morgan fingerprint density at radius 1 is 0.929 bits per heavy atom.